The van der Waals surface area contributed by atoms with Crippen LogP contribution in [0.3, 0.4) is 0 Å². The Morgan fingerprint density at radius 2 is 1.95 bits per heavy atom. The van der Waals surface area contributed by atoms with Crippen LogP contribution in [0.5, 0.6) is 0 Å². The fraction of sp³-hybridized carbons (Fsp3) is 0.375. The standard InChI is InChI=1S/C16H19ClN2/c1-11-15(7-9-18-11)13-6-8-19-16(10-13)12-2-4-14(17)5-3-12/h2-5,7,9,13,16,18-19H,6,8,10H2,1H3. The summed E-state index contributed by atoms with van der Waals surface area (Å²) in [4.78, 5) is 3.29. The average Bonchev–Trinajstić information content (AvgIpc) is 2.86. The Balaban J connectivity index is 1.78. The van der Waals surface area contributed by atoms with E-state index in [1.807, 2.05) is 18.3 Å². The maximum atomic E-state index is 5.96. The van der Waals surface area contributed by atoms with Gasteiger partial charge >= 0.3 is 0 Å². The molecule has 0 amide bonds. The van der Waals surface area contributed by atoms with Gasteiger partial charge in [-0.25, -0.2) is 0 Å². The number of nitrogens with one attached hydrogen (secondary N) is 2. The third kappa shape index (κ3) is 2.70. The Labute approximate surface area is 119 Å². The number of hydrogen-bond acceptors (Lipinski definition) is 1. The van der Waals surface area contributed by atoms with Crippen LogP contribution in [0.25, 0.3) is 0 Å². The number of aryl methyl sites for hydroxylation is 1. The highest BCUT2D eigenvalue weighted by molar-refractivity contribution is 6.30. The third-order valence-electron chi connectivity index (χ3n) is 4.11. The highest BCUT2D eigenvalue weighted by Gasteiger charge is 2.25. The van der Waals surface area contributed by atoms with Gasteiger partial charge in [-0.3, -0.25) is 0 Å². The molecule has 3 heteroatoms. The fourth-order valence-electron chi connectivity index (χ4n) is 3.06. The summed E-state index contributed by atoms with van der Waals surface area (Å²) in [5.74, 6) is 0.646. The number of aromatic amines is 1. The number of halogens is 1. The molecule has 1 aromatic carbocycles. The van der Waals surface area contributed by atoms with E-state index in [0.29, 0.717) is 12.0 Å². The fourth-order valence-corrected chi connectivity index (χ4v) is 3.18. The minimum absolute atomic E-state index is 0.435. The van der Waals surface area contributed by atoms with Crippen molar-refractivity contribution in [3.05, 3.63) is 58.4 Å². The Morgan fingerprint density at radius 1 is 1.16 bits per heavy atom. The molecular formula is C16H19ClN2. The zero-order valence-electron chi connectivity index (χ0n) is 11.1. The van der Waals surface area contributed by atoms with Gasteiger partial charge in [0, 0.05) is 23.0 Å². The molecule has 1 fully saturated rings. The molecule has 2 aromatic rings. The first kappa shape index (κ1) is 12.8. The lowest BCUT2D eigenvalue weighted by Gasteiger charge is -2.31. The Hall–Kier alpha value is -1.25. The molecule has 2 nitrogen and oxygen atoms in total. The molecule has 2 heterocycles. The largest absolute Gasteiger partial charge is 0.365 e. The molecule has 1 saturated heterocycles. The van der Waals surface area contributed by atoms with Crippen LogP contribution in [0.4, 0.5) is 0 Å². The van der Waals surface area contributed by atoms with Crippen LogP contribution < -0.4 is 5.32 Å². The van der Waals surface area contributed by atoms with E-state index in [4.69, 9.17) is 11.6 Å². The van der Waals surface area contributed by atoms with Gasteiger partial charge in [0.25, 0.3) is 0 Å². The summed E-state index contributed by atoms with van der Waals surface area (Å²) in [6, 6.07) is 10.9. The van der Waals surface area contributed by atoms with E-state index < -0.39 is 0 Å². The van der Waals surface area contributed by atoms with Crippen LogP contribution in [-0.4, -0.2) is 11.5 Å². The normalized spacial score (nSPS) is 23.5. The van der Waals surface area contributed by atoms with Crippen molar-refractivity contribution in [1.29, 1.82) is 0 Å². The lowest BCUT2D eigenvalue weighted by atomic mass is 9.84. The molecule has 2 unspecified atom stereocenters. The van der Waals surface area contributed by atoms with Crippen molar-refractivity contribution in [2.24, 2.45) is 0 Å². The van der Waals surface area contributed by atoms with Gasteiger partial charge in [0.15, 0.2) is 0 Å². The van der Waals surface area contributed by atoms with Crippen LogP contribution >= 0.6 is 11.6 Å². The van der Waals surface area contributed by atoms with Gasteiger partial charge in [0.05, 0.1) is 0 Å². The van der Waals surface area contributed by atoms with E-state index in [2.05, 4.69) is 35.4 Å². The van der Waals surface area contributed by atoms with E-state index in [1.165, 1.54) is 23.2 Å². The molecule has 1 aliphatic heterocycles. The van der Waals surface area contributed by atoms with Crippen molar-refractivity contribution in [1.82, 2.24) is 10.3 Å². The predicted molar refractivity (Wildman–Crippen MR) is 79.7 cm³/mol. The summed E-state index contributed by atoms with van der Waals surface area (Å²) in [5.41, 5.74) is 4.12. The minimum Gasteiger partial charge on any atom is -0.365 e. The third-order valence-corrected chi connectivity index (χ3v) is 4.36. The number of rotatable bonds is 2. The summed E-state index contributed by atoms with van der Waals surface area (Å²) in [6.07, 6.45) is 4.41. The Bertz CT molecular complexity index is 544. The van der Waals surface area contributed by atoms with E-state index >= 15 is 0 Å². The Kier molecular flexibility index (Phi) is 3.63. The number of H-pyrrole nitrogens is 1. The topological polar surface area (TPSA) is 27.8 Å². The van der Waals surface area contributed by atoms with E-state index in [-0.39, 0.29) is 0 Å². The maximum absolute atomic E-state index is 5.96. The average molecular weight is 275 g/mol. The van der Waals surface area contributed by atoms with Crippen LogP contribution in [0, 0.1) is 6.92 Å². The quantitative estimate of drug-likeness (QED) is 0.845. The van der Waals surface area contributed by atoms with Crippen molar-refractivity contribution in [3.8, 4) is 0 Å². The van der Waals surface area contributed by atoms with Crippen LogP contribution in [0.2, 0.25) is 5.02 Å². The zero-order valence-corrected chi connectivity index (χ0v) is 11.9. The van der Waals surface area contributed by atoms with Gasteiger partial charge in [-0.05, 0) is 61.6 Å². The van der Waals surface area contributed by atoms with Gasteiger partial charge in [-0.1, -0.05) is 23.7 Å². The lowest BCUT2D eigenvalue weighted by molar-refractivity contribution is 0.369. The summed E-state index contributed by atoms with van der Waals surface area (Å²) < 4.78 is 0. The molecular weight excluding hydrogens is 256 g/mol. The molecule has 0 radical (unpaired) electrons. The van der Waals surface area contributed by atoms with E-state index in [9.17, 15) is 0 Å². The molecule has 3 rings (SSSR count). The minimum atomic E-state index is 0.435. The first-order chi connectivity index (χ1) is 9.24. The zero-order chi connectivity index (χ0) is 13.2. The monoisotopic (exact) mass is 274 g/mol. The first-order valence-electron chi connectivity index (χ1n) is 6.87. The molecule has 0 spiro atoms. The highest BCUT2D eigenvalue weighted by Crippen LogP contribution is 2.35. The van der Waals surface area contributed by atoms with Crippen LogP contribution in [-0.2, 0) is 0 Å². The van der Waals surface area contributed by atoms with Gasteiger partial charge in [-0.2, -0.15) is 0 Å². The summed E-state index contributed by atoms with van der Waals surface area (Å²) >= 11 is 5.96. The summed E-state index contributed by atoms with van der Waals surface area (Å²) in [6.45, 7) is 3.23. The van der Waals surface area contributed by atoms with Crippen LogP contribution in [0.1, 0.15) is 41.6 Å². The second-order valence-electron chi connectivity index (χ2n) is 5.34. The molecule has 100 valence electrons. The molecule has 0 bridgehead atoms. The SMILES string of the molecule is Cc1[nH]ccc1C1CCNC(c2ccc(Cl)cc2)C1. The van der Waals surface area contributed by atoms with Gasteiger partial charge in [0.2, 0.25) is 0 Å². The predicted octanol–water partition coefficient (Wildman–Crippen LogP) is 4.18. The second-order valence-corrected chi connectivity index (χ2v) is 5.77. The second kappa shape index (κ2) is 5.40. The molecule has 19 heavy (non-hydrogen) atoms. The molecule has 0 saturated carbocycles. The van der Waals surface area contributed by atoms with Crippen molar-refractivity contribution in [2.75, 3.05) is 6.54 Å². The lowest BCUT2D eigenvalue weighted by Crippen LogP contribution is -2.31. The highest BCUT2D eigenvalue weighted by atomic mass is 35.5. The molecule has 2 atom stereocenters. The van der Waals surface area contributed by atoms with Crippen molar-refractivity contribution >= 4 is 11.6 Å². The number of piperidine rings is 1. The first-order valence-corrected chi connectivity index (χ1v) is 7.24. The number of benzene rings is 1. The van der Waals surface area contributed by atoms with E-state index in [1.54, 1.807) is 0 Å². The van der Waals surface area contributed by atoms with Crippen molar-refractivity contribution in [2.45, 2.75) is 31.7 Å². The Morgan fingerprint density at radius 3 is 2.63 bits per heavy atom. The van der Waals surface area contributed by atoms with Crippen LogP contribution in [0.15, 0.2) is 36.5 Å². The van der Waals surface area contributed by atoms with E-state index in [0.717, 1.165) is 18.0 Å². The number of hydrogen-bond donors (Lipinski definition) is 2. The smallest absolute Gasteiger partial charge is 0.0406 e. The summed E-state index contributed by atoms with van der Waals surface area (Å²) in [7, 11) is 0. The molecule has 1 aromatic heterocycles. The molecule has 0 aliphatic carbocycles. The van der Waals surface area contributed by atoms with Crippen molar-refractivity contribution in [3.63, 3.8) is 0 Å². The van der Waals surface area contributed by atoms with Gasteiger partial charge in [0.1, 0.15) is 0 Å². The summed E-state index contributed by atoms with van der Waals surface area (Å²) in [5, 5.41) is 4.42. The molecule has 1 aliphatic rings. The number of aromatic nitrogens is 1. The molecule has 2 N–H and O–H groups in total. The van der Waals surface area contributed by atoms with Gasteiger partial charge in [-0.15, -0.1) is 0 Å². The maximum Gasteiger partial charge on any atom is 0.0406 e. The van der Waals surface area contributed by atoms with Gasteiger partial charge < -0.3 is 10.3 Å². The van der Waals surface area contributed by atoms with Crippen molar-refractivity contribution < 1.29 is 0 Å².